The van der Waals surface area contributed by atoms with Crippen molar-refractivity contribution >= 4 is 17.9 Å². The molecule has 1 N–H and O–H groups in total. The van der Waals surface area contributed by atoms with Crippen LogP contribution in [-0.2, 0) is 33.3 Å². The van der Waals surface area contributed by atoms with Crippen molar-refractivity contribution in [3.63, 3.8) is 0 Å². The smallest absolute Gasteiger partial charge is 0.337 e. The van der Waals surface area contributed by atoms with Gasteiger partial charge in [0, 0.05) is 20.8 Å². The Labute approximate surface area is 124 Å². The van der Waals surface area contributed by atoms with Gasteiger partial charge in [0.25, 0.3) is 0 Å². The van der Waals surface area contributed by atoms with Crippen molar-refractivity contribution in [1.82, 2.24) is 0 Å². The lowest BCUT2D eigenvalue weighted by molar-refractivity contribution is -0.347. The zero-order valence-corrected chi connectivity index (χ0v) is 12.1. The van der Waals surface area contributed by atoms with Crippen molar-refractivity contribution in [2.75, 3.05) is 6.61 Å². The van der Waals surface area contributed by atoms with Crippen LogP contribution in [-0.4, -0.2) is 60.1 Å². The maximum Gasteiger partial charge on any atom is 0.337 e. The Morgan fingerprint density at radius 1 is 1.09 bits per heavy atom. The molecule has 22 heavy (non-hydrogen) atoms. The van der Waals surface area contributed by atoms with Crippen LogP contribution in [0.5, 0.6) is 0 Å². The summed E-state index contributed by atoms with van der Waals surface area (Å²) in [4.78, 5) is 32.9. The molecule has 0 spiro atoms. The summed E-state index contributed by atoms with van der Waals surface area (Å²) in [5.74, 6) is -6.76. The molecule has 1 unspecified atom stereocenters. The third-order valence-electron chi connectivity index (χ3n) is 2.72. The van der Waals surface area contributed by atoms with Gasteiger partial charge in [-0.15, -0.1) is 0 Å². The molecule has 1 aliphatic heterocycles. The summed E-state index contributed by atoms with van der Waals surface area (Å²) in [6.45, 7) is 2.33. The first-order chi connectivity index (χ1) is 10.1. The number of aliphatic hydroxyl groups is 1. The van der Waals surface area contributed by atoms with Crippen molar-refractivity contribution < 1.29 is 47.2 Å². The number of esters is 3. The van der Waals surface area contributed by atoms with Gasteiger partial charge >= 0.3 is 23.8 Å². The number of hydrogen-bond donors (Lipinski definition) is 1. The van der Waals surface area contributed by atoms with E-state index in [4.69, 9.17) is 4.74 Å². The van der Waals surface area contributed by atoms with Crippen LogP contribution in [0, 0.1) is 0 Å². The van der Waals surface area contributed by atoms with Gasteiger partial charge in [-0.25, -0.2) is 0 Å². The molecule has 0 bridgehead atoms. The third kappa shape index (κ3) is 4.34. The molecule has 1 fully saturated rings. The van der Waals surface area contributed by atoms with E-state index in [0.29, 0.717) is 0 Å². The van der Waals surface area contributed by atoms with E-state index in [1.807, 2.05) is 0 Å². The second-order valence-electron chi connectivity index (χ2n) is 4.61. The topological polar surface area (TPSA) is 108 Å². The molecule has 0 saturated carbocycles. The van der Waals surface area contributed by atoms with Crippen molar-refractivity contribution in [3.8, 4) is 0 Å². The fraction of sp³-hybridized carbons (Fsp3) is 0.750. The quantitative estimate of drug-likeness (QED) is 0.557. The molecule has 0 aromatic carbocycles. The van der Waals surface area contributed by atoms with E-state index in [9.17, 15) is 28.3 Å². The fourth-order valence-corrected chi connectivity index (χ4v) is 1.88. The molecule has 1 rings (SSSR count). The molecule has 0 amide bonds. The fourth-order valence-electron chi connectivity index (χ4n) is 1.88. The highest BCUT2D eigenvalue weighted by atomic mass is 19.3. The maximum atomic E-state index is 13.9. The summed E-state index contributed by atoms with van der Waals surface area (Å²) >= 11 is 0. The van der Waals surface area contributed by atoms with E-state index in [2.05, 4.69) is 14.2 Å². The zero-order chi connectivity index (χ0) is 17.1. The molecule has 8 nitrogen and oxygen atoms in total. The molecule has 0 aliphatic carbocycles. The van der Waals surface area contributed by atoms with Crippen LogP contribution < -0.4 is 0 Å². The summed E-state index contributed by atoms with van der Waals surface area (Å²) in [6, 6.07) is 0. The molecule has 1 aliphatic rings. The SMILES string of the molecule is CC(=O)OC[C@H]1OC(O)C(F)(F)[C@@H](OC(C)=O)[C@H]1OC(C)=O. The first-order valence-corrected chi connectivity index (χ1v) is 6.24. The molecule has 1 saturated heterocycles. The highest BCUT2D eigenvalue weighted by Gasteiger charge is 2.61. The number of rotatable bonds is 4. The first-order valence-electron chi connectivity index (χ1n) is 6.24. The van der Waals surface area contributed by atoms with Crippen molar-refractivity contribution in [3.05, 3.63) is 0 Å². The van der Waals surface area contributed by atoms with Crippen LogP contribution in [0.1, 0.15) is 20.8 Å². The second-order valence-corrected chi connectivity index (χ2v) is 4.61. The number of carbonyl (C=O) groups excluding carboxylic acids is 3. The van der Waals surface area contributed by atoms with Gasteiger partial charge in [-0.2, -0.15) is 8.78 Å². The number of carbonyl (C=O) groups is 3. The highest BCUT2D eigenvalue weighted by Crippen LogP contribution is 2.37. The minimum atomic E-state index is -4.02. The Morgan fingerprint density at radius 2 is 1.64 bits per heavy atom. The normalized spacial score (nSPS) is 30.3. The minimum absolute atomic E-state index is 0.571. The number of ether oxygens (including phenoxy) is 4. The van der Waals surface area contributed by atoms with Gasteiger partial charge in [-0.3, -0.25) is 14.4 Å². The highest BCUT2D eigenvalue weighted by molar-refractivity contribution is 5.68. The van der Waals surface area contributed by atoms with Crippen LogP contribution in [0.15, 0.2) is 0 Å². The van der Waals surface area contributed by atoms with E-state index in [0.717, 1.165) is 20.8 Å². The first kappa shape index (κ1) is 18.2. The molecule has 10 heteroatoms. The monoisotopic (exact) mass is 326 g/mol. The van der Waals surface area contributed by atoms with Gasteiger partial charge < -0.3 is 24.1 Å². The maximum absolute atomic E-state index is 13.9. The molecule has 1 heterocycles. The van der Waals surface area contributed by atoms with Crippen LogP contribution in [0.4, 0.5) is 8.78 Å². The standard InChI is InChI=1S/C12H16F2O8/c1-5(15)19-4-8-9(20-6(2)16)10(21-7(3)17)12(13,14)11(18)22-8/h8-11,18H,4H2,1-3H3/t8-,9+,10+,11?/m1/s1. The van der Waals surface area contributed by atoms with Crippen molar-refractivity contribution in [1.29, 1.82) is 0 Å². The average molecular weight is 326 g/mol. The Hall–Kier alpha value is -1.81. The van der Waals surface area contributed by atoms with Gasteiger partial charge in [0.1, 0.15) is 12.7 Å². The summed E-state index contributed by atoms with van der Waals surface area (Å²) in [5, 5.41) is 9.36. The molecule has 0 radical (unpaired) electrons. The lowest BCUT2D eigenvalue weighted by atomic mass is 9.97. The van der Waals surface area contributed by atoms with E-state index in [1.54, 1.807) is 0 Å². The molecule has 0 aromatic rings. The van der Waals surface area contributed by atoms with Crippen LogP contribution in [0.2, 0.25) is 0 Å². The number of halogens is 2. The third-order valence-corrected chi connectivity index (χ3v) is 2.72. The summed E-state index contributed by atoms with van der Waals surface area (Å²) < 4.78 is 46.3. The van der Waals surface area contributed by atoms with E-state index in [-0.39, 0.29) is 0 Å². The summed E-state index contributed by atoms with van der Waals surface area (Å²) in [7, 11) is 0. The molecule has 4 atom stereocenters. The van der Waals surface area contributed by atoms with Crippen LogP contribution in [0.25, 0.3) is 0 Å². The zero-order valence-electron chi connectivity index (χ0n) is 12.1. The molecular weight excluding hydrogens is 310 g/mol. The van der Waals surface area contributed by atoms with Gasteiger partial charge in [0.2, 0.25) is 12.4 Å². The molecular formula is C12H16F2O8. The Bertz CT molecular complexity index is 452. The van der Waals surface area contributed by atoms with Crippen LogP contribution >= 0.6 is 0 Å². The number of hydrogen-bond acceptors (Lipinski definition) is 8. The van der Waals surface area contributed by atoms with Gasteiger partial charge in [-0.05, 0) is 0 Å². The molecule has 126 valence electrons. The lowest BCUT2D eigenvalue weighted by Crippen LogP contribution is -2.64. The lowest BCUT2D eigenvalue weighted by Gasteiger charge is -2.42. The average Bonchev–Trinajstić information content (AvgIpc) is 2.36. The Morgan fingerprint density at radius 3 is 2.09 bits per heavy atom. The van der Waals surface area contributed by atoms with E-state index in [1.165, 1.54) is 0 Å². The van der Waals surface area contributed by atoms with Crippen molar-refractivity contribution in [2.45, 2.75) is 51.3 Å². The summed E-state index contributed by atoms with van der Waals surface area (Å²) in [6.07, 6.45) is -8.08. The van der Waals surface area contributed by atoms with Gasteiger partial charge in [-0.1, -0.05) is 0 Å². The van der Waals surface area contributed by atoms with Gasteiger partial charge in [0.05, 0.1) is 0 Å². The van der Waals surface area contributed by atoms with Crippen LogP contribution in [0.3, 0.4) is 0 Å². The van der Waals surface area contributed by atoms with E-state index >= 15 is 0 Å². The predicted octanol–water partition coefficient (Wildman–Crippen LogP) is -0.235. The summed E-state index contributed by atoms with van der Waals surface area (Å²) in [5.41, 5.74) is 0. The largest absolute Gasteiger partial charge is 0.463 e. The van der Waals surface area contributed by atoms with E-state index < -0.39 is 55.0 Å². The molecule has 0 aromatic heterocycles. The Kier molecular flexibility index (Phi) is 5.78. The minimum Gasteiger partial charge on any atom is -0.463 e. The van der Waals surface area contributed by atoms with Crippen molar-refractivity contribution in [2.24, 2.45) is 0 Å². The number of aliphatic hydroxyl groups excluding tert-OH is 1. The number of alkyl halides is 2. The second kappa shape index (κ2) is 6.97. The van der Waals surface area contributed by atoms with Gasteiger partial charge in [0.15, 0.2) is 6.10 Å². The Balaban J connectivity index is 3.07. The predicted molar refractivity (Wildman–Crippen MR) is 63.6 cm³/mol.